The number of hydrogen-bond donors (Lipinski definition) is 1. The quantitative estimate of drug-likeness (QED) is 0.859. The largest absolute Gasteiger partial charge is 0.379 e. The third kappa shape index (κ3) is 2.98. The van der Waals surface area contributed by atoms with Gasteiger partial charge in [-0.1, -0.05) is 0 Å². The Morgan fingerprint density at radius 1 is 1.29 bits per heavy atom. The van der Waals surface area contributed by atoms with E-state index in [1.165, 1.54) is 0 Å². The van der Waals surface area contributed by atoms with Crippen LogP contribution in [-0.2, 0) is 6.54 Å². The van der Waals surface area contributed by atoms with Gasteiger partial charge in [-0.2, -0.15) is 5.26 Å². The molecule has 0 radical (unpaired) electrons. The van der Waals surface area contributed by atoms with Gasteiger partial charge >= 0.3 is 0 Å². The summed E-state index contributed by atoms with van der Waals surface area (Å²) in [4.78, 5) is 12.2. The molecule has 0 atom stereocenters. The summed E-state index contributed by atoms with van der Waals surface area (Å²) in [5.74, 6) is 0.747. The molecule has 5 nitrogen and oxygen atoms in total. The highest BCUT2D eigenvalue weighted by Gasteiger charge is 1.98. The first kappa shape index (κ1) is 11.0. The predicted octanol–water partition coefficient (Wildman–Crippen LogP) is 1.66. The van der Waals surface area contributed by atoms with E-state index in [-0.39, 0.29) is 0 Å². The fraction of sp³-hybridized carbons (Fsp3) is 0.167. The first-order valence-corrected chi connectivity index (χ1v) is 5.16. The van der Waals surface area contributed by atoms with Crippen LogP contribution >= 0.6 is 0 Å². The van der Waals surface area contributed by atoms with Crippen LogP contribution in [0.25, 0.3) is 0 Å². The lowest BCUT2D eigenvalue weighted by Crippen LogP contribution is -2.03. The van der Waals surface area contributed by atoms with Crippen molar-refractivity contribution in [1.82, 2.24) is 15.0 Å². The van der Waals surface area contributed by atoms with Crippen molar-refractivity contribution in [3.05, 3.63) is 47.8 Å². The molecule has 0 aliphatic rings. The van der Waals surface area contributed by atoms with Crippen molar-refractivity contribution < 1.29 is 0 Å². The highest BCUT2D eigenvalue weighted by molar-refractivity contribution is 5.45. The fourth-order valence-corrected chi connectivity index (χ4v) is 1.40. The molecule has 0 saturated carbocycles. The van der Waals surface area contributed by atoms with E-state index in [9.17, 15) is 0 Å². The highest BCUT2D eigenvalue weighted by Crippen LogP contribution is 2.08. The number of pyridine rings is 1. The van der Waals surface area contributed by atoms with Gasteiger partial charge in [0, 0.05) is 18.1 Å². The Balaban J connectivity index is 2.05. The van der Waals surface area contributed by atoms with E-state index in [4.69, 9.17) is 5.26 Å². The average molecular weight is 225 g/mol. The van der Waals surface area contributed by atoms with Crippen molar-refractivity contribution >= 4 is 5.69 Å². The molecule has 0 aliphatic carbocycles. The van der Waals surface area contributed by atoms with Crippen LogP contribution < -0.4 is 5.32 Å². The summed E-state index contributed by atoms with van der Waals surface area (Å²) < 4.78 is 0. The third-order valence-electron chi connectivity index (χ3n) is 2.18. The Hall–Kier alpha value is -2.48. The fourth-order valence-electron chi connectivity index (χ4n) is 1.40. The molecule has 0 amide bonds. The van der Waals surface area contributed by atoms with Crippen molar-refractivity contribution in [2.75, 3.05) is 5.32 Å². The van der Waals surface area contributed by atoms with E-state index in [2.05, 4.69) is 20.3 Å². The number of anilines is 1. The van der Waals surface area contributed by atoms with Crippen LogP contribution in [0.15, 0.2) is 30.6 Å². The molecule has 5 heteroatoms. The number of nitrogens with zero attached hydrogens (tertiary/aromatic N) is 4. The van der Waals surface area contributed by atoms with Crippen molar-refractivity contribution in [2.24, 2.45) is 0 Å². The van der Waals surface area contributed by atoms with E-state index in [0.29, 0.717) is 12.2 Å². The van der Waals surface area contributed by atoms with E-state index >= 15 is 0 Å². The second-order valence-corrected chi connectivity index (χ2v) is 3.49. The minimum absolute atomic E-state index is 0.397. The number of hydrogen-bond acceptors (Lipinski definition) is 5. The van der Waals surface area contributed by atoms with Crippen LogP contribution in [0.2, 0.25) is 0 Å². The maximum atomic E-state index is 8.72. The van der Waals surface area contributed by atoms with Crippen LogP contribution in [0.1, 0.15) is 17.2 Å². The molecule has 0 fully saturated rings. The predicted molar refractivity (Wildman–Crippen MR) is 63.0 cm³/mol. The zero-order valence-electron chi connectivity index (χ0n) is 9.38. The monoisotopic (exact) mass is 225 g/mol. The standard InChI is InChI=1S/C12H11N5/c1-9-14-4-3-11(17-9)8-16-10-2-5-15-12(6-10)7-13/h2-6H,8H2,1H3,(H,15,16). The molecule has 2 aromatic heterocycles. The van der Waals surface area contributed by atoms with Gasteiger partial charge < -0.3 is 5.32 Å². The van der Waals surface area contributed by atoms with Gasteiger partial charge in [-0.25, -0.2) is 15.0 Å². The van der Waals surface area contributed by atoms with Gasteiger partial charge in [-0.3, -0.25) is 0 Å². The molecule has 17 heavy (non-hydrogen) atoms. The minimum atomic E-state index is 0.397. The lowest BCUT2D eigenvalue weighted by Gasteiger charge is -2.05. The van der Waals surface area contributed by atoms with Crippen LogP contribution in [0.3, 0.4) is 0 Å². The summed E-state index contributed by atoms with van der Waals surface area (Å²) >= 11 is 0. The molecule has 84 valence electrons. The van der Waals surface area contributed by atoms with Crippen molar-refractivity contribution in [3.63, 3.8) is 0 Å². The summed E-state index contributed by atoms with van der Waals surface area (Å²) in [5, 5.41) is 11.9. The molecule has 0 saturated heterocycles. The van der Waals surface area contributed by atoms with Gasteiger partial charge in [0.15, 0.2) is 0 Å². The van der Waals surface area contributed by atoms with Crippen molar-refractivity contribution in [3.8, 4) is 6.07 Å². The van der Waals surface area contributed by atoms with E-state index in [1.807, 2.05) is 25.1 Å². The second-order valence-electron chi connectivity index (χ2n) is 3.49. The molecule has 0 aromatic carbocycles. The summed E-state index contributed by atoms with van der Waals surface area (Å²) in [6.07, 6.45) is 3.33. The topological polar surface area (TPSA) is 74.5 Å². The lowest BCUT2D eigenvalue weighted by atomic mass is 10.3. The Morgan fingerprint density at radius 2 is 2.12 bits per heavy atom. The minimum Gasteiger partial charge on any atom is -0.379 e. The lowest BCUT2D eigenvalue weighted by molar-refractivity contribution is 0.954. The van der Waals surface area contributed by atoms with Gasteiger partial charge in [-0.15, -0.1) is 0 Å². The van der Waals surface area contributed by atoms with Crippen molar-refractivity contribution in [2.45, 2.75) is 13.5 Å². The van der Waals surface area contributed by atoms with Gasteiger partial charge in [0.05, 0.1) is 12.2 Å². The molecule has 0 aliphatic heterocycles. The maximum Gasteiger partial charge on any atom is 0.142 e. The average Bonchev–Trinajstić information content (AvgIpc) is 2.37. The molecular formula is C12H11N5. The maximum absolute atomic E-state index is 8.72. The number of aromatic nitrogens is 3. The van der Waals surface area contributed by atoms with E-state index in [1.54, 1.807) is 18.5 Å². The van der Waals surface area contributed by atoms with Gasteiger partial charge in [0.2, 0.25) is 0 Å². The van der Waals surface area contributed by atoms with Gasteiger partial charge in [0.25, 0.3) is 0 Å². The summed E-state index contributed by atoms with van der Waals surface area (Å²) in [6.45, 7) is 2.45. The molecule has 1 N–H and O–H groups in total. The highest BCUT2D eigenvalue weighted by atomic mass is 14.9. The summed E-state index contributed by atoms with van der Waals surface area (Å²) in [7, 11) is 0. The number of aryl methyl sites for hydroxylation is 1. The molecule has 2 rings (SSSR count). The van der Waals surface area contributed by atoms with Crippen molar-refractivity contribution in [1.29, 1.82) is 5.26 Å². The van der Waals surface area contributed by atoms with Gasteiger partial charge in [-0.05, 0) is 25.1 Å². The number of rotatable bonds is 3. The Morgan fingerprint density at radius 3 is 2.88 bits per heavy atom. The zero-order valence-corrected chi connectivity index (χ0v) is 9.38. The third-order valence-corrected chi connectivity index (χ3v) is 2.18. The van der Waals surface area contributed by atoms with Crippen LogP contribution in [0, 0.1) is 18.3 Å². The molecule has 0 spiro atoms. The van der Waals surface area contributed by atoms with Crippen LogP contribution in [0.5, 0.6) is 0 Å². The molecular weight excluding hydrogens is 214 g/mol. The number of nitrogens with one attached hydrogen (secondary N) is 1. The SMILES string of the molecule is Cc1nccc(CNc2ccnc(C#N)c2)n1. The Bertz CT molecular complexity index is 559. The Kier molecular flexibility index (Phi) is 3.26. The smallest absolute Gasteiger partial charge is 0.142 e. The summed E-state index contributed by atoms with van der Waals surface area (Å²) in [5.41, 5.74) is 2.16. The second kappa shape index (κ2) is 5.03. The van der Waals surface area contributed by atoms with Gasteiger partial charge in [0.1, 0.15) is 17.6 Å². The summed E-state index contributed by atoms with van der Waals surface area (Å²) in [6, 6.07) is 7.37. The number of nitriles is 1. The van der Waals surface area contributed by atoms with Crippen LogP contribution in [-0.4, -0.2) is 15.0 Å². The molecule has 0 bridgehead atoms. The molecule has 2 aromatic rings. The van der Waals surface area contributed by atoms with Crippen LogP contribution in [0.4, 0.5) is 5.69 Å². The van der Waals surface area contributed by atoms with E-state index < -0.39 is 0 Å². The molecule has 0 unspecified atom stereocenters. The zero-order chi connectivity index (χ0) is 12.1. The Labute approximate surface area is 99.2 Å². The molecule has 2 heterocycles. The first-order chi connectivity index (χ1) is 8.28. The van der Waals surface area contributed by atoms with E-state index in [0.717, 1.165) is 17.2 Å². The normalized spacial score (nSPS) is 9.65. The first-order valence-electron chi connectivity index (χ1n) is 5.16.